The number of benzene rings is 2. The molecule has 0 fully saturated rings. The van der Waals surface area contributed by atoms with Crippen LogP contribution in [0.2, 0.25) is 0 Å². The molecule has 0 bridgehead atoms. The number of nitrogen functional groups attached to an aromatic ring is 1. The smallest absolute Gasteiger partial charge is 0.137 e. The molecule has 19 heavy (non-hydrogen) atoms. The lowest BCUT2D eigenvalue weighted by molar-refractivity contribution is 0.619. The molecule has 2 aromatic carbocycles. The van der Waals surface area contributed by atoms with Crippen molar-refractivity contribution < 1.29 is 8.60 Å². The average molecular weight is 342 g/mol. The molecule has 0 aliphatic heterocycles. The van der Waals surface area contributed by atoms with Crippen molar-refractivity contribution >= 4 is 32.4 Å². The van der Waals surface area contributed by atoms with Crippen molar-refractivity contribution in [3.63, 3.8) is 0 Å². The fourth-order valence-electron chi connectivity index (χ4n) is 1.76. The molecule has 2 N–H and O–H groups in total. The van der Waals surface area contributed by atoms with Crippen molar-refractivity contribution in [2.45, 2.75) is 17.6 Å². The largest absolute Gasteiger partial charge is 0.398 e. The highest BCUT2D eigenvalue weighted by molar-refractivity contribution is 9.10. The van der Waals surface area contributed by atoms with Gasteiger partial charge in [-0.05, 0) is 52.2 Å². The highest BCUT2D eigenvalue weighted by Gasteiger charge is 2.13. The van der Waals surface area contributed by atoms with Crippen LogP contribution in [0.4, 0.5) is 10.1 Å². The van der Waals surface area contributed by atoms with Gasteiger partial charge in [0.2, 0.25) is 0 Å². The Morgan fingerprint density at radius 2 is 1.95 bits per heavy atom. The van der Waals surface area contributed by atoms with Gasteiger partial charge in [0.1, 0.15) is 5.82 Å². The minimum atomic E-state index is -1.25. The molecule has 5 heteroatoms. The van der Waals surface area contributed by atoms with Gasteiger partial charge in [0.05, 0.1) is 21.0 Å². The molecule has 100 valence electrons. The maximum atomic E-state index is 13.4. The lowest BCUT2D eigenvalue weighted by Crippen LogP contribution is -2.02. The molecule has 2 nitrogen and oxygen atoms in total. The summed E-state index contributed by atoms with van der Waals surface area (Å²) in [6.07, 6.45) is 0. The normalized spacial score (nSPS) is 12.4. The summed E-state index contributed by atoms with van der Waals surface area (Å²) < 4.78 is 26.1. The zero-order chi connectivity index (χ0) is 14.0. The van der Waals surface area contributed by atoms with Crippen LogP contribution in [0, 0.1) is 12.7 Å². The molecular weight excluding hydrogens is 329 g/mol. The second kappa shape index (κ2) is 5.84. The fraction of sp³-hybridized carbons (Fsp3) is 0.143. The molecular formula is C14H13BrFNOS. The lowest BCUT2D eigenvalue weighted by atomic mass is 10.2. The van der Waals surface area contributed by atoms with E-state index in [0.717, 1.165) is 5.56 Å². The number of hydrogen-bond acceptors (Lipinski definition) is 2. The maximum absolute atomic E-state index is 13.4. The van der Waals surface area contributed by atoms with E-state index >= 15 is 0 Å². The Hall–Kier alpha value is -1.20. The molecule has 2 rings (SSSR count). The van der Waals surface area contributed by atoms with E-state index in [4.69, 9.17) is 5.73 Å². The molecule has 0 saturated carbocycles. The summed E-state index contributed by atoms with van der Waals surface area (Å²) in [5.74, 6) is -0.0957. The van der Waals surface area contributed by atoms with Gasteiger partial charge in [-0.25, -0.2) is 4.39 Å². The molecule has 0 saturated heterocycles. The molecule has 1 unspecified atom stereocenters. The van der Waals surface area contributed by atoms with Crippen LogP contribution in [0.25, 0.3) is 0 Å². The second-order valence-electron chi connectivity index (χ2n) is 4.17. The maximum Gasteiger partial charge on any atom is 0.137 e. The number of anilines is 1. The van der Waals surface area contributed by atoms with E-state index in [9.17, 15) is 8.60 Å². The number of hydrogen-bond donors (Lipinski definition) is 1. The summed E-state index contributed by atoms with van der Waals surface area (Å²) in [6, 6.07) is 10.1. The summed E-state index contributed by atoms with van der Waals surface area (Å²) in [5.41, 5.74) is 7.91. The minimum absolute atomic E-state index is 0.253. The molecule has 0 aliphatic carbocycles. The van der Waals surface area contributed by atoms with Crippen molar-refractivity contribution in [3.8, 4) is 0 Å². The van der Waals surface area contributed by atoms with Gasteiger partial charge in [0, 0.05) is 10.6 Å². The fourth-order valence-corrected chi connectivity index (χ4v) is 3.72. The quantitative estimate of drug-likeness (QED) is 0.863. The highest BCUT2D eigenvalue weighted by Crippen LogP contribution is 2.25. The highest BCUT2D eigenvalue weighted by atomic mass is 79.9. The van der Waals surface area contributed by atoms with Gasteiger partial charge in [-0.2, -0.15) is 0 Å². The van der Waals surface area contributed by atoms with Gasteiger partial charge in [0.15, 0.2) is 0 Å². The van der Waals surface area contributed by atoms with Gasteiger partial charge in [-0.3, -0.25) is 4.21 Å². The monoisotopic (exact) mass is 341 g/mol. The zero-order valence-electron chi connectivity index (χ0n) is 10.3. The molecule has 0 radical (unpaired) electrons. The van der Waals surface area contributed by atoms with Crippen LogP contribution in [0.3, 0.4) is 0 Å². The Kier molecular flexibility index (Phi) is 4.37. The predicted octanol–water partition coefficient (Wildman–Crippen LogP) is 3.79. The third-order valence-corrected chi connectivity index (χ3v) is 5.28. The van der Waals surface area contributed by atoms with Crippen LogP contribution in [0.1, 0.15) is 11.1 Å². The third-order valence-electron chi connectivity index (χ3n) is 2.89. The minimum Gasteiger partial charge on any atom is -0.398 e. The first kappa shape index (κ1) is 14.2. The predicted molar refractivity (Wildman–Crippen MR) is 79.8 cm³/mol. The van der Waals surface area contributed by atoms with Crippen molar-refractivity contribution in [1.29, 1.82) is 0 Å². The van der Waals surface area contributed by atoms with Crippen LogP contribution >= 0.6 is 15.9 Å². The molecule has 0 spiro atoms. The van der Waals surface area contributed by atoms with E-state index in [1.54, 1.807) is 30.3 Å². The SMILES string of the molecule is Cc1c(N)cccc1S(=O)Cc1cccc(F)c1Br. The summed E-state index contributed by atoms with van der Waals surface area (Å²) >= 11 is 3.18. The van der Waals surface area contributed by atoms with Crippen LogP contribution < -0.4 is 5.73 Å². The first-order valence-corrected chi connectivity index (χ1v) is 7.78. The van der Waals surface area contributed by atoms with Gasteiger partial charge < -0.3 is 5.73 Å². The Balaban J connectivity index is 2.31. The molecule has 2 aromatic rings. The Bertz CT molecular complexity index is 645. The summed E-state index contributed by atoms with van der Waals surface area (Å²) in [4.78, 5) is 0.691. The van der Waals surface area contributed by atoms with E-state index in [1.165, 1.54) is 6.07 Å². The van der Waals surface area contributed by atoms with Crippen LogP contribution in [-0.2, 0) is 16.6 Å². The summed E-state index contributed by atoms with van der Waals surface area (Å²) in [7, 11) is -1.25. The van der Waals surface area contributed by atoms with Gasteiger partial charge >= 0.3 is 0 Å². The van der Waals surface area contributed by atoms with E-state index in [2.05, 4.69) is 15.9 Å². The van der Waals surface area contributed by atoms with Crippen LogP contribution in [0.15, 0.2) is 45.8 Å². The van der Waals surface area contributed by atoms with Gasteiger partial charge in [0.25, 0.3) is 0 Å². The molecule has 0 aliphatic rings. The Morgan fingerprint density at radius 1 is 1.26 bits per heavy atom. The summed E-state index contributed by atoms with van der Waals surface area (Å²) in [6.45, 7) is 1.84. The molecule has 0 amide bonds. The molecule has 1 atom stereocenters. The van der Waals surface area contributed by atoms with E-state index in [1.807, 2.05) is 6.92 Å². The number of rotatable bonds is 3. The van der Waals surface area contributed by atoms with Crippen LogP contribution in [-0.4, -0.2) is 4.21 Å². The number of halogens is 2. The topological polar surface area (TPSA) is 43.1 Å². The molecule has 0 aromatic heterocycles. The van der Waals surface area contributed by atoms with Crippen molar-refractivity contribution in [3.05, 3.63) is 57.8 Å². The lowest BCUT2D eigenvalue weighted by Gasteiger charge is -2.09. The van der Waals surface area contributed by atoms with Gasteiger partial charge in [-0.15, -0.1) is 0 Å². The van der Waals surface area contributed by atoms with Crippen LogP contribution in [0.5, 0.6) is 0 Å². The Labute approximate surface area is 122 Å². The first-order chi connectivity index (χ1) is 9.00. The first-order valence-electron chi connectivity index (χ1n) is 5.67. The second-order valence-corrected chi connectivity index (χ2v) is 6.39. The average Bonchev–Trinajstić information content (AvgIpc) is 2.38. The molecule has 0 heterocycles. The summed E-state index contributed by atoms with van der Waals surface area (Å²) in [5, 5.41) is 0. The van der Waals surface area contributed by atoms with Crippen molar-refractivity contribution in [2.24, 2.45) is 0 Å². The Morgan fingerprint density at radius 3 is 2.68 bits per heavy atom. The third kappa shape index (κ3) is 3.04. The van der Waals surface area contributed by atoms with E-state index in [0.29, 0.717) is 20.6 Å². The van der Waals surface area contributed by atoms with Gasteiger partial charge in [-0.1, -0.05) is 18.2 Å². The van der Waals surface area contributed by atoms with E-state index < -0.39 is 10.8 Å². The zero-order valence-corrected chi connectivity index (χ0v) is 12.7. The number of nitrogens with two attached hydrogens (primary N) is 1. The standard InChI is InChI=1S/C14H13BrFNOS/c1-9-12(17)6-3-7-13(9)19(18)8-10-4-2-5-11(16)14(10)15/h2-7H,8,17H2,1H3. The van der Waals surface area contributed by atoms with E-state index in [-0.39, 0.29) is 11.6 Å². The van der Waals surface area contributed by atoms with Crippen molar-refractivity contribution in [1.82, 2.24) is 0 Å². The van der Waals surface area contributed by atoms with Crippen molar-refractivity contribution in [2.75, 3.05) is 5.73 Å².